The second kappa shape index (κ2) is 5.69. The first-order chi connectivity index (χ1) is 9.51. The second-order valence-electron chi connectivity index (χ2n) is 4.73. The predicted octanol–water partition coefficient (Wildman–Crippen LogP) is 2.49. The Bertz CT molecular complexity index is 652. The van der Waals surface area contributed by atoms with Gasteiger partial charge < -0.3 is 11.1 Å². The average Bonchev–Trinajstić information content (AvgIpc) is 2.43. The number of aromatic nitrogens is 2. The van der Waals surface area contributed by atoms with E-state index in [1.807, 2.05) is 26.8 Å². The predicted molar refractivity (Wildman–Crippen MR) is 79.7 cm³/mol. The molecule has 0 atom stereocenters. The minimum atomic E-state index is -0.177. The Balaban J connectivity index is 2.27. The summed E-state index contributed by atoms with van der Waals surface area (Å²) >= 11 is 0. The van der Waals surface area contributed by atoms with Crippen LogP contribution in [0.25, 0.3) is 0 Å². The Hall–Kier alpha value is -2.43. The van der Waals surface area contributed by atoms with E-state index in [-0.39, 0.29) is 5.91 Å². The Kier molecular flexibility index (Phi) is 3.98. The maximum atomic E-state index is 12.3. The van der Waals surface area contributed by atoms with E-state index in [1.165, 1.54) is 0 Å². The fourth-order valence-electron chi connectivity index (χ4n) is 1.92. The molecule has 0 aliphatic heterocycles. The van der Waals surface area contributed by atoms with Gasteiger partial charge >= 0.3 is 0 Å². The summed E-state index contributed by atoms with van der Waals surface area (Å²) in [6, 6.07) is 7.17. The summed E-state index contributed by atoms with van der Waals surface area (Å²) in [6.07, 6.45) is 0.663. The summed E-state index contributed by atoms with van der Waals surface area (Å²) in [6.45, 7) is 5.67. The van der Waals surface area contributed by atoms with Gasteiger partial charge in [0.2, 0.25) is 0 Å². The van der Waals surface area contributed by atoms with E-state index in [0.29, 0.717) is 23.4 Å². The van der Waals surface area contributed by atoms with E-state index in [2.05, 4.69) is 15.5 Å². The molecule has 0 bridgehead atoms. The zero-order valence-corrected chi connectivity index (χ0v) is 11.9. The molecule has 0 unspecified atom stereocenters. The van der Waals surface area contributed by atoms with E-state index in [1.54, 1.807) is 18.2 Å². The number of nitrogen functional groups attached to an aromatic ring is 1. The van der Waals surface area contributed by atoms with Gasteiger partial charge in [0.15, 0.2) is 0 Å². The fraction of sp³-hybridized carbons (Fsp3) is 0.267. The van der Waals surface area contributed by atoms with Gasteiger partial charge in [-0.05, 0) is 50.1 Å². The fourth-order valence-corrected chi connectivity index (χ4v) is 1.92. The normalized spacial score (nSPS) is 10.3. The number of rotatable bonds is 3. The van der Waals surface area contributed by atoms with Gasteiger partial charge in [0.25, 0.3) is 5.91 Å². The molecule has 0 spiro atoms. The van der Waals surface area contributed by atoms with Crippen LogP contribution in [0, 0.1) is 13.8 Å². The Labute approximate surface area is 118 Å². The van der Waals surface area contributed by atoms with Gasteiger partial charge in [-0.1, -0.05) is 6.92 Å². The Morgan fingerprint density at radius 3 is 2.65 bits per heavy atom. The zero-order chi connectivity index (χ0) is 14.7. The van der Waals surface area contributed by atoms with Crippen molar-refractivity contribution >= 4 is 17.3 Å². The third-order valence-electron chi connectivity index (χ3n) is 3.10. The van der Waals surface area contributed by atoms with E-state index in [4.69, 9.17) is 5.73 Å². The molecule has 1 aromatic carbocycles. The van der Waals surface area contributed by atoms with Crippen LogP contribution in [0.4, 0.5) is 11.4 Å². The van der Waals surface area contributed by atoms with Crippen molar-refractivity contribution in [1.82, 2.24) is 10.2 Å². The summed E-state index contributed by atoms with van der Waals surface area (Å²) in [5.74, 6) is -0.177. The molecule has 5 heteroatoms. The molecule has 1 heterocycles. The molecule has 5 nitrogen and oxygen atoms in total. The van der Waals surface area contributed by atoms with Gasteiger partial charge in [0.05, 0.1) is 17.0 Å². The smallest absolute Gasteiger partial charge is 0.257 e. The molecular formula is C15H18N4O. The highest BCUT2D eigenvalue weighted by atomic mass is 16.1. The number of carbonyl (C=O) groups excluding carboxylic acids is 1. The SMILES string of the molecule is CCc1nnc(C)cc1C(=O)Nc1ccc(N)c(C)c1. The number of anilines is 2. The topological polar surface area (TPSA) is 80.9 Å². The second-order valence-corrected chi connectivity index (χ2v) is 4.73. The molecule has 2 rings (SSSR count). The number of benzene rings is 1. The van der Waals surface area contributed by atoms with E-state index in [0.717, 1.165) is 16.9 Å². The minimum Gasteiger partial charge on any atom is -0.399 e. The number of hydrogen-bond acceptors (Lipinski definition) is 4. The molecule has 1 aromatic heterocycles. The summed E-state index contributed by atoms with van der Waals surface area (Å²) < 4.78 is 0. The lowest BCUT2D eigenvalue weighted by Crippen LogP contribution is -2.16. The molecule has 0 fully saturated rings. The van der Waals surface area contributed by atoms with E-state index >= 15 is 0 Å². The van der Waals surface area contributed by atoms with Gasteiger partial charge in [-0.3, -0.25) is 4.79 Å². The standard InChI is InChI=1S/C15H18N4O/c1-4-14-12(8-10(3)18-19-14)15(20)17-11-5-6-13(16)9(2)7-11/h5-8H,4,16H2,1-3H3,(H,17,20). The lowest BCUT2D eigenvalue weighted by molar-refractivity contribution is 0.102. The average molecular weight is 270 g/mol. The molecule has 0 radical (unpaired) electrons. The van der Waals surface area contributed by atoms with Gasteiger partial charge in [-0.25, -0.2) is 0 Å². The molecule has 104 valence electrons. The number of hydrogen-bond donors (Lipinski definition) is 2. The van der Waals surface area contributed by atoms with Crippen LogP contribution in [0.3, 0.4) is 0 Å². The van der Waals surface area contributed by atoms with Crippen LogP contribution < -0.4 is 11.1 Å². The van der Waals surface area contributed by atoms with Crippen molar-refractivity contribution in [3.63, 3.8) is 0 Å². The molecular weight excluding hydrogens is 252 g/mol. The van der Waals surface area contributed by atoms with Crippen LogP contribution in [0.15, 0.2) is 24.3 Å². The molecule has 2 aromatic rings. The van der Waals surface area contributed by atoms with Crippen LogP contribution in [0.2, 0.25) is 0 Å². The molecule has 1 amide bonds. The molecule has 0 aliphatic rings. The summed E-state index contributed by atoms with van der Waals surface area (Å²) in [7, 11) is 0. The van der Waals surface area contributed by atoms with Gasteiger partial charge in [0.1, 0.15) is 0 Å². The Morgan fingerprint density at radius 2 is 2.00 bits per heavy atom. The first-order valence-corrected chi connectivity index (χ1v) is 6.52. The number of amides is 1. The lowest BCUT2D eigenvalue weighted by atomic mass is 10.1. The quantitative estimate of drug-likeness (QED) is 0.840. The monoisotopic (exact) mass is 270 g/mol. The third kappa shape index (κ3) is 2.93. The van der Waals surface area contributed by atoms with Crippen molar-refractivity contribution in [3.8, 4) is 0 Å². The summed E-state index contributed by atoms with van der Waals surface area (Å²) in [4.78, 5) is 12.3. The summed E-state index contributed by atoms with van der Waals surface area (Å²) in [5.41, 5.74) is 10.1. The number of aryl methyl sites for hydroxylation is 3. The molecule has 0 saturated carbocycles. The molecule has 0 saturated heterocycles. The van der Waals surface area contributed by atoms with Gasteiger partial charge in [0, 0.05) is 11.4 Å². The van der Waals surface area contributed by atoms with Crippen LogP contribution in [0.1, 0.15) is 34.2 Å². The van der Waals surface area contributed by atoms with Crippen LogP contribution in [-0.2, 0) is 6.42 Å². The van der Waals surface area contributed by atoms with Crippen molar-refractivity contribution in [2.75, 3.05) is 11.1 Å². The molecule has 20 heavy (non-hydrogen) atoms. The number of carbonyl (C=O) groups is 1. The first kappa shape index (κ1) is 14.0. The third-order valence-corrected chi connectivity index (χ3v) is 3.10. The zero-order valence-electron chi connectivity index (χ0n) is 11.9. The van der Waals surface area contributed by atoms with Crippen LogP contribution >= 0.6 is 0 Å². The Morgan fingerprint density at radius 1 is 1.25 bits per heavy atom. The highest BCUT2D eigenvalue weighted by Crippen LogP contribution is 2.18. The molecule has 3 N–H and O–H groups in total. The summed E-state index contributed by atoms with van der Waals surface area (Å²) in [5, 5.41) is 10.9. The maximum absolute atomic E-state index is 12.3. The lowest BCUT2D eigenvalue weighted by Gasteiger charge is -2.10. The minimum absolute atomic E-state index is 0.177. The highest BCUT2D eigenvalue weighted by Gasteiger charge is 2.13. The first-order valence-electron chi connectivity index (χ1n) is 6.52. The van der Waals surface area contributed by atoms with E-state index in [9.17, 15) is 4.79 Å². The number of nitrogens with zero attached hydrogens (tertiary/aromatic N) is 2. The maximum Gasteiger partial charge on any atom is 0.257 e. The van der Waals surface area contributed by atoms with Crippen molar-refractivity contribution < 1.29 is 4.79 Å². The number of nitrogens with two attached hydrogens (primary N) is 1. The van der Waals surface area contributed by atoms with Gasteiger partial charge in [-0.2, -0.15) is 10.2 Å². The highest BCUT2D eigenvalue weighted by molar-refractivity contribution is 6.05. The van der Waals surface area contributed by atoms with Crippen LogP contribution in [-0.4, -0.2) is 16.1 Å². The van der Waals surface area contributed by atoms with Crippen molar-refractivity contribution in [2.24, 2.45) is 0 Å². The van der Waals surface area contributed by atoms with Crippen molar-refractivity contribution in [2.45, 2.75) is 27.2 Å². The van der Waals surface area contributed by atoms with Crippen molar-refractivity contribution in [1.29, 1.82) is 0 Å². The van der Waals surface area contributed by atoms with Gasteiger partial charge in [-0.15, -0.1) is 0 Å². The van der Waals surface area contributed by atoms with Crippen LogP contribution in [0.5, 0.6) is 0 Å². The van der Waals surface area contributed by atoms with Crippen molar-refractivity contribution in [3.05, 3.63) is 46.8 Å². The molecule has 0 aliphatic carbocycles. The van der Waals surface area contributed by atoms with E-state index < -0.39 is 0 Å². The largest absolute Gasteiger partial charge is 0.399 e. The number of nitrogens with one attached hydrogen (secondary N) is 1.